The number of rotatable bonds is 0. The highest BCUT2D eigenvalue weighted by Gasteiger charge is 2.12. The van der Waals surface area contributed by atoms with Gasteiger partial charge in [-0.2, -0.15) is 13.2 Å². The molecule has 50 valence electrons. The van der Waals surface area contributed by atoms with Crippen LogP contribution in [0.3, 0.4) is 0 Å². The molecule has 0 aromatic heterocycles. The van der Waals surface area contributed by atoms with Gasteiger partial charge in [0, 0.05) is 6.08 Å². The maximum absolute atomic E-state index is 11.9. The molecule has 1 aliphatic rings. The number of nitrogens with zero attached hydrogens (tertiary/aromatic N) is 1. The second-order valence-electron chi connectivity index (χ2n) is 1.42. The van der Waals surface area contributed by atoms with Crippen LogP contribution in [0.2, 0.25) is 0 Å². The van der Waals surface area contributed by atoms with Gasteiger partial charge in [-0.25, -0.2) is 4.99 Å². The largest absolute Gasteiger partial charge is 0.314 e. The van der Waals surface area contributed by atoms with Crippen LogP contribution in [-0.4, -0.2) is 12.4 Å². The standard InChI is InChI=1S/C4H3F3N2/c5-2-1-3(6)9-4(7)8-2/h1,4,8H. The highest BCUT2D eigenvalue weighted by Crippen LogP contribution is 2.05. The molecule has 1 atom stereocenters. The molecule has 0 spiro atoms. The molecule has 1 N–H and O–H groups in total. The zero-order valence-electron chi connectivity index (χ0n) is 4.24. The van der Waals surface area contributed by atoms with Crippen molar-refractivity contribution < 1.29 is 13.2 Å². The van der Waals surface area contributed by atoms with E-state index >= 15 is 0 Å². The van der Waals surface area contributed by atoms with Crippen LogP contribution < -0.4 is 5.32 Å². The molecule has 1 unspecified atom stereocenters. The van der Waals surface area contributed by atoms with Crippen LogP contribution in [-0.2, 0) is 0 Å². The van der Waals surface area contributed by atoms with Gasteiger partial charge in [-0.05, 0) is 0 Å². The molecule has 1 rings (SSSR count). The highest BCUT2D eigenvalue weighted by molar-refractivity contribution is 5.87. The summed E-state index contributed by atoms with van der Waals surface area (Å²) in [4.78, 5) is 2.69. The van der Waals surface area contributed by atoms with E-state index in [1.54, 1.807) is 5.32 Å². The maximum atomic E-state index is 11.9. The van der Waals surface area contributed by atoms with Gasteiger partial charge in [0.05, 0.1) is 0 Å². The minimum atomic E-state index is -1.99. The smallest absolute Gasteiger partial charge is 0.268 e. The molecule has 0 fully saturated rings. The summed E-state index contributed by atoms with van der Waals surface area (Å²) in [6.07, 6.45) is -1.52. The van der Waals surface area contributed by atoms with E-state index in [1.165, 1.54) is 0 Å². The first-order valence-electron chi connectivity index (χ1n) is 2.19. The third kappa shape index (κ3) is 1.45. The number of aliphatic imine (C=N–C) groups is 1. The van der Waals surface area contributed by atoms with Gasteiger partial charge in [-0.3, -0.25) is 0 Å². The third-order valence-corrected chi connectivity index (χ3v) is 0.739. The van der Waals surface area contributed by atoms with Crippen molar-refractivity contribution in [2.24, 2.45) is 4.99 Å². The molecular weight excluding hydrogens is 133 g/mol. The molecule has 2 nitrogen and oxygen atoms in total. The number of alkyl halides is 1. The maximum Gasteiger partial charge on any atom is 0.268 e. The average molecular weight is 136 g/mol. The molecule has 0 aromatic carbocycles. The summed E-state index contributed by atoms with van der Waals surface area (Å²) in [6.45, 7) is 0. The molecule has 0 amide bonds. The minimum Gasteiger partial charge on any atom is -0.314 e. The molecule has 0 bridgehead atoms. The highest BCUT2D eigenvalue weighted by atomic mass is 19.2. The van der Waals surface area contributed by atoms with Crippen molar-refractivity contribution in [3.63, 3.8) is 0 Å². The van der Waals surface area contributed by atoms with E-state index in [0.29, 0.717) is 6.08 Å². The summed E-state index contributed by atoms with van der Waals surface area (Å²) in [5, 5.41) is 1.61. The van der Waals surface area contributed by atoms with Crippen LogP contribution in [0.25, 0.3) is 0 Å². The van der Waals surface area contributed by atoms with Crippen LogP contribution in [0, 0.1) is 0 Å². The van der Waals surface area contributed by atoms with Crippen molar-refractivity contribution in [1.82, 2.24) is 5.32 Å². The summed E-state index contributed by atoms with van der Waals surface area (Å²) in [5.74, 6) is -2.19. The van der Waals surface area contributed by atoms with Gasteiger partial charge < -0.3 is 5.32 Å². The van der Waals surface area contributed by atoms with Gasteiger partial charge in [0.25, 0.3) is 6.42 Å². The first-order valence-corrected chi connectivity index (χ1v) is 2.19. The van der Waals surface area contributed by atoms with E-state index < -0.39 is 18.3 Å². The van der Waals surface area contributed by atoms with Crippen LogP contribution in [0.1, 0.15) is 0 Å². The van der Waals surface area contributed by atoms with Gasteiger partial charge in [0.1, 0.15) is 0 Å². The lowest BCUT2D eigenvalue weighted by Crippen LogP contribution is -2.24. The molecule has 0 aromatic rings. The molecule has 0 radical (unpaired) electrons. The lowest BCUT2D eigenvalue weighted by atomic mass is 10.5. The fraction of sp³-hybridized carbons (Fsp3) is 0.250. The molecule has 1 heterocycles. The second kappa shape index (κ2) is 2.08. The molecular formula is C4H3F3N2. The Hall–Kier alpha value is -1.00. The molecule has 0 saturated carbocycles. The van der Waals surface area contributed by atoms with E-state index in [-0.39, 0.29) is 0 Å². The Labute approximate surface area is 49.1 Å². The second-order valence-corrected chi connectivity index (χ2v) is 1.42. The summed E-state index contributed by atoms with van der Waals surface area (Å²) >= 11 is 0. The monoisotopic (exact) mass is 136 g/mol. The van der Waals surface area contributed by atoms with Crippen LogP contribution >= 0.6 is 0 Å². The Balaban J connectivity index is 2.74. The first-order chi connectivity index (χ1) is 4.18. The topological polar surface area (TPSA) is 24.4 Å². The summed E-state index contributed by atoms with van der Waals surface area (Å²) < 4.78 is 35.6. The zero-order chi connectivity index (χ0) is 6.85. The number of hydrogen-bond donors (Lipinski definition) is 1. The Morgan fingerprint density at radius 1 is 1.56 bits per heavy atom. The van der Waals surface area contributed by atoms with Crippen LogP contribution in [0.4, 0.5) is 13.2 Å². The molecule has 0 aliphatic carbocycles. The van der Waals surface area contributed by atoms with Crippen molar-refractivity contribution in [1.29, 1.82) is 0 Å². The number of hydrogen-bond acceptors (Lipinski definition) is 2. The SMILES string of the molecule is FC1=CC(F)=NC(F)N1. The van der Waals surface area contributed by atoms with Gasteiger partial charge in [0.15, 0.2) is 5.95 Å². The van der Waals surface area contributed by atoms with Gasteiger partial charge in [0.2, 0.25) is 5.97 Å². The van der Waals surface area contributed by atoms with E-state index in [0.717, 1.165) is 0 Å². The molecule has 5 heteroatoms. The number of halogens is 3. The lowest BCUT2D eigenvalue weighted by molar-refractivity contribution is 0.277. The Bertz CT molecular complexity index is 175. The average Bonchev–Trinajstić information content (AvgIpc) is 1.59. The molecule has 0 saturated heterocycles. The molecule has 9 heavy (non-hydrogen) atoms. The first kappa shape index (κ1) is 6.12. The quantitative estimate of drug-likeness (QED) is 0.494. The van der Waals surface area contributed by atoms with E-state index in [9.17, 15) is 13.2 Å². The third-order valence-electron chi connectivity index (χ3n) is 0.739. The van der Waals surface area contributed by atoms with Gasteiger partial charge in [-0.1, -0.05) is 0 Å². The number of nitrogens with one attached hydrogen (secondary N) is 1. The number of allylic oxidation sites excluding steroid dienone is 1. The lowest BCUT2D eigenvalue weighted by Gasteiger charge is -2.07. The zero-order valence-corrected chi connectivity index (χ0v) is 4.24. The van der Waals surface area contributed by atoms with Crippen molar-refractivity contribution in [2.45, 2.75) is 6.42 Å². The predicted octanol–water partition coefficient (Wildman–Crippen LogP) is 1.02. The summed E-state index contributed by atoms with van der Waals surface area (Å²) in [5.41, 5.74) is 0. The van der Waals surface area contributed by atoms with Crippen LogP contribution in [0.15, 0.2) is 17.0 Å². The van der Waals surface area contributed by atoms with Crippen molar-refractivity contribution in [3.05, 3.63) is 12.0 Å². The predicted molar refractivity (Wildman–Crippen MR) is 25.8 cm³/mol. The van der Waals surface area contributed by atoms with E-state index in [2.05, 4.69) is 4.99 Å². The van der Waals surface area contributed by atoms with E-state index in [1.807, 2.05) is 0 Å². The summed E-state index contributed by atoms with van der Waals surface area (Å²) in [7, 11) is 0. The van der Waals surface area contributed by atoms with Crippen LogP contribution in [0.5, 0.6) is 0 Å². The molecule has 1 aliphatic heterocycles. The van der Waals surface area contributed by atoms with Crippen molar-refractivity contribution in [2.75, 3.05) is 0 Å². The van der Waals surface area contributed by atoms with Crippen molar-refractivity contribution >= 4 is 5.97 Å². The summed E-state index contributed by atoms with van der Waals surface area (Å²) in [6, 6.07) is 0. The fourth-order valence-corrected chi connectivity index (χ4v) is 0.438. The van der Waals surface area contributed by atoms with E-state index in [4.69, 9.17) is 0 Å². The normalized spacial score (nSPS) is 26.3. The van der Waals surface area contributed by atoms with Gasteiger partial charge in [-0.15, -0.1) is 0 Å². The van der Waals surface area contributed by atoms with Crippen molar-refractivity contribution in [3.8, 4) is 0 Å². The Morgan fingerprint density at radius 2 is 2.22 bits per heavy atom. The fourth-order valence-electron chi connectivity index (χ4n) is 0.438. The minimum absolute atomic E-state index is 0.468. The van der Waals surface area contributed by atoms with Gasteiger partial charge >= 0.3 is 0 Å². The Kier molecular flexibility index (Phi) is 1.42. The Morgan fingerprint density at radius 3 is 2.67 bits per heavy atom.